The van der Waals surface area contributed by atoms with E-state index in [4.69, 9.17) is 4.74 Å². The van der Waals surface area contributed by atoms with Crippen LogP contribution in [-0.4, -0.2) is 48.1 Å². The molecule has 0 unspecified atom stereocenters. The first-order valence-electron chi connectivity index (χ1n) is 7.80. The van der Waals surface area contributed by atoms with Gasteiger partial charge in [-0.05, 0) is 48.4 Å². The maximum absolute atomic E-state index is 12.2. The van der Waals surface area contributed by atoms with Gasteiger partial charge in [0, 0.05) is 19.8 Å². The molecular weight excluding hydrogens is 376 g/mol. The van der Waals surface area contributed by atoms with Crippen molar-refractivity contribution in [3.05, 3.63) is 54.1 Å². The second-order valence-corrected chi connectivity index (χ2v) is 9.82. The highest BCUT2D eigenvalue weighted by molar-refractivity contribution is 7.92. The molecule has 0 fully saturated rings. The molecule has 0 bridgehead atoms. The van der Waals surface area contributed by atoms with Crippen LogP contribution in [0.2, 0.25) is 0 Å². The minimum absolute atomic E-state index is 0.112. The summed E-state index contributed by atoms with van der Waals surface area (Å²) in [6.45, 7) is 0. The van der Waals surface area contributed by atoms with Crippen molar-refractivity contribution in [2.24, 2.45) is 0 Å². The van der Waals surface area contributed by atoms with Crippen molar-refractivity contribution in [1.82, 2.24) is 4.31 Å². The highest BCUT2D eigenvalue weighted by atomic mass is 32.2. The summed E-state index contributed by atoms with van der Waals surface area (Å²) in [4.78, 5) is 0.172. The van der Waals surface area contributed by atoms with Gasteiger partial charge in [0.1, 0.15) is 5.75 Å². The molecule has 26 heavy (non-hydrogen) atoms. The third-order valence-electron chi connectivity index (χ3n) is 3.72. The SMILES string of the molecule is COc1ccc(NS(=O)(=O)CCc2ccc(S(=O)(=O)N(C)C)cc2)cc1. The quantitative estimate of drug-likeness (QED) is 0.733. The lowest BCUT2D eigenvalue weighted by Crippen LogP contribution is -2.22. The molecule has 1 N–H and O–H groups in total. The highest BCUT2D eigenvalue weighted by Crippen LogP contribution is 2.17. The molecule has 0 saturated carbocycles. The summed E-state index contributed by atoms with van der Waals surface area (Å²) >= 11 is 0. The molecule has 0 aromatic heterocycles. The number of nitrogens with zero attached hydrogens (tertiary/aromatic N) is 1. The number of rotatable bonds is 8. The average molecular weight is 399 g/mol. The Morgan fingerprint density at radius 3 is 2.00 bits per heavy atom. The molecule has 7 nitrogen and oxygen atoms in total. The molecule has 2 rings (SSSR count). The van der Waals surface area contributed by atoms with Crippen molar-refractivity contribution in [3.8, 4) is 5.75 Å². The molecule has 2 aromatic rings. The van der Waals surface area contributed by atoms with Gasteiger partial charge in [-0.25, -0.2) is 21.1 Å². The topological polar surface area (TPSA) is 92.8 Å². The maximum atomic E-state index is 12.2. The fourth-order valence-corrected chi connectivity index (χ4v) is 4.18. The zero-order valence-electron chi connectivity index (χ0n) is 14.8. The first kappa shape index (κ1) is 20.2. The third kappa shape index (κ3) is 5.20. The molecule has 0 atom stereocenters. The predicted molar refractivity (Wildman–Crippen MR) is 101 cm³/mol. The Labute approximate surface area is 154 Å². The van der Waals surface area contributed by atoms with Crippen molar-refractivity contribution in [2.45, 2.75) is 11.3 Å². The van der Waals surface area contributed by atoms with Gasteiger partial charge in [-0.1, -0.05) is 12.1 Å². The van der Waals surface area contributed by atoms with Crippen molar-refractivity contribution in [3.63, 3.8) is 0 Å². The Bertz CT molecular complexity index is 936. The molecule has 0 heterocycles. The van der Waals surface area contributed by atoms with Gasteiger partial charge in [0.2, 0.25) is 20.0 Å². The summed E-state index contributed by atoms with van der Waals surface area (Å²) in [5, 5.41) is 0. The van der Waals surface area contributed by atoms with Crippen molar-refractivity contribution in [2.75, 3.05) is 31.7 Å². The molecule has 142 valence electrons. The van der Waals surface area contributed by atoms with E-state index in [9.17, 15) is 16.8 Å². The summed E-state index contributed by atoms with van der Waals surface area (Å²) in [5.41, 5.74) is 1.20. The predicted octanol–water partition coefficient (Wildman–Crippen LogP) is 1.93. The number of anilines is 1. The zero-order valence-corrected chi connectivity index (χ0v) is 16.5. The first-order chi connectivity index (χ1) is 12.1. The van der Waals surface area contributed by atoms with Gasteiger partial charge in [0.05, 0.1) is 17.8 Å². The van der Waals surface area contributed by atoms with Crippen LogP contribution in [0.1, 0.15) is 5.56 Å². The Balaban J connectivity index is 2.00. The summed E-state index contributed by atoms with van der Waals surface area (Å²) in [6, 6.07) is 12.8. The van der Waals surface area contributed by atoms with Crippen LogP contribution >= 0.6 is 0 Å². The first-order valence-corrected chi connectivity index (χ1v) is 10.9. The lowest BCUT2D eigenvalue weighted by Gasteiger charge is -2.12. The Hall–Kier alpha value is -2.10. The monoisotopic (exact) mass is 398 g/mol. The fraction of sp³-hybridized carbons (Fsp3) is 0.294. The largest absolute Gasteiger partial charge is 0.497 e. The molecule has 0 aliphatic rings. The van der Waals surface area contributed by atoms with E-state index in [-0.39, 0.29) is 17.1 Å². The molecule has 0 radical (unpaired) electrons. The summed E-state index contributed by atoms with van der Waals surface area (Å²) < 4.78 is 57.1. The van der Waals surface area contributed by atoms with Crippen LogP contribution in [-0.2, 0) is 26.5 Å². The second kappa shape index (κ2) is 8.07. The lowest BCUT2D eigenvalue weighted by molar-refractivity contribution is 0.415. The summed E-state index contributed by atoms with van der Waals surface area (Å²) in [6.07, 6.45) is 0.272. The highest BCUT2D eigenvalue weighted by Gasteiger charge is 2.17. The fourth-order valence-electron chi connectivity index (χ4n) is 2.18. The van der Waals surface area contributed by atoms with Gasteiger partial charge in [-0.2, -0.15) is 0 Å². The molecule has 0 aliphatic heterocycles. The molecule has 0 spiro atoms. The number of hydrogen-bond donors (Lipinski definition) is 1. The van der Waals surface area contributed by atoms with Crippen molar-refractivity contribution < 1.29 is 21.6 Å². The van der Waals surface area contributed by atoms with E-state index in [0.29, 0.717) is 11.4 Å². The molecule has 9 heteroatoms. The Morgan fingerprint density at radius 1 is 0.923 bits per heavy atom. The maximum Gasteiger partial charge on any atom is 0.242 e. The van der Waals surface area contributed by atoms with Crippen LogP contribution in [0.5, 0.6) is 5.75 Å². The van der Waals surface area contributed by atoms with Crippen LogP contribution in [0.3, 0.4) is 0 Å². The van der Waals surface area contributed by atoms with Crippen LogP contribution in [0.25, 0.3) is 0 Å². The number of benzene rings is 2. The van der Waals surface area contributed by atoms with Crippen LogP contribution < -0.4 is 9.46 Å². The average Bonchev–Trinajstić information content (AvgIpc) is 2.60. The summed E-state index contributed by atoms with van der Waals surface area (Å²) in [7, 11) is -2.56. The van der Waals surface area contributed by atoms with Crippen LogP contribution in [0.4, 0.5) is 5.69 Å². The third-order valence-corrected chi connectivity index (χ3v) is 6.84. The van der Waals surface area contributed by atoms with Gasteiger partial charge in [0.25, 0.3) is 0 Å². The number of sulfonamides is 2. The van der Waals surface area contributed by atoms with E-state index in [0.717, 1.165) is 9.87 Å². The Kier molecular flexibility index (Phi) is 6.27. The van der Waals surface area contributed by atoms with Gasteiger partial charge < -0.3 is 4.74 Å². The van der Waals surface area contributed by atoms with E-state index >= 15 is 0 Å². The standard InChI is InChI=1S/C17H22N2O5S2/c1-19(2)26(22,23)17-10-4-14(5-11-17)12-13-25(20,21)18-15-6-8-16(24-3)9-7-15/h4-11,18H,12-13H2,1-3H3. The van der Waals surface area contributed by atoms with E-state index in [1.165, 1.54) is 33.3 Å². The van der Waals surface area contributed by atoms with Gasteiger partial charge >= 0.3 is 0 Å². The van der Waals surface area contributed by atoms with E-state index < -0.39 is 20.0 Å². The molecule has 0 aliphatic carbocycles. The van der Waals surface area contributed by atoms with E-state index in [2.05, 4.69) is 4.72 Å². The minimum Gasteiger partial charge on any atom is -0.497 e. The number of nitrogens with one attached hydrogen (secondary N) is 1. The van der Waals surface area contributed by atoms with Crippen LogP contribution in [0, 0.1) is 0 Å². The molecular formula is C17H22N2O5S2. The van der Waals surface area contributed by atoms with Gasteiger partial charge in [-0.3, -0.25) is 4.72 Å². The molecule has 0 amide bonds. The Morgan fingerprint density at radius 2 is 1.50 bits per heavy atom. The van der Waals surface area contributed by atoms with Crippen molar-refractivity contribution in [1.29, 1.82) is 0 Å². The second-order valence-electron chi connectivity index (χ2n) is 5.83. The molecule has 2 aromatic carbocycles. The molecule has 0 saturated heterocycles. The van der Waals surface area contributed by atoms with E-state index in [1.54, 1.807) is 36.4 Å². The van der Waals surface area contributed by atoms with Crippen molar-refractivity contribution >= 4 is 25.7 Å². The number of ether oxygens (including phenoxy) is 1. The lowest BCUT2D eigenvalue weighted by atomic mass is 10.2. The van der Waals surface area contributed by atoms with E-state index in [1.807, 2.05) is 0 Å². The minimum atomic E-state index is -3.52. The smallest absolute Gasteiger partial charge is 0.242 e. The summed E-state index contributed by atoms with van der Waals surface area (Å²) in [5.74, 6) is 0.527. The van der Waals surface area contributed by atoms with Crippen LogP contribution in [0.15, 0.2) is 53.4 Å². The number of hydrogen-bond acceptors (Lipinski definition) is 5. The number of aryl methyl sites for hydroxylation is 1. The normalized spacial score (nSPS) is 12.2. The van der Waals surface area contributed by atoms with Gasteiger partial charge in [0.15, 0.2) is 0 Å². The van der Waals surface area contributed by atoms with Gasteiger partial charge in [-0.15, -0.1) is 0 Å². The number of methoxy groups -OCH3 is 1. The zero-order chi connectivity index (χ0) is 19.4.